The Hall–Kier alpha value is -4.08. The fraction of sp³-hybridized carbons (Fsp3) is 0.375. The van der Waals surface area contributed by atoms with Gasteiger partial charge in [0.25, 0.3) is 5.56 Å². The Morgan fingerprint density at radius 3 is 2.54 bits per heavy atom. The topological polar surface area (TPSA) is 96.3 Å². The minimum Gasteiger partial charge on any atom is -0.493 e. The van der Waals surface area contributed by atoms with E-state index in [0.29, 0.717) is 46.9 Å². The lowest BCUT2D eigenvalue weighted by atomic mass is 10.0. The molecule has 9 nitrogen and oxygen atoms in total. The van der Waals surface area contributed by atoms with Crippen LogP contribution in [0, 0.1) is 0 Å². The predicted octanol–water partition coefficient (Wildman–Crippen LogP) is 4.19. The first-order chi connectivity index (χ1) is 20.0. The summed E-state index contributed by atoms with van der Waals surface area (Å²) in [7, 11) is 1.75. The summed E-state index contributed by atoms with van der Waals surface area (Å²) in [6, 6.07) is 15.7. The summed E-state index contributed by atoms with van der Waals surface area (Å²) >= 11 is 0. The molecule has 0 unspecified atom stereocenters. The molecule has 0 aliphatic carbocycles. The van der Waals surface area contributed by atoms with Crippen molar-refractivity contribution in [3.05, 3.63) is 81.8 Å². The quantitative estimate of drug-likeness (QED) is 0.278. The number of nitrogens with zero attached hydrogens (tertiary/aromatic N) is 5. The summed E-state index contributed by atoms with van der Waals surface area (Å²) in [4.78, 5) is 38.7. The van der Waals surface area contributed by atoms with Gasteiger partial charge in [0.05, 0.1) is 24.4 Å². The second-order valence-electron chi connectivity index (χ2n) is 10.4. The molecule has 0 atom stereocenters. The first-order valence-electron chi connectivity index (χ1n) is 14.4. The lowest BCUT2D eigenvalue weighted by Crippen LogP contribution is -2.47. The third kappa shape index (κ3) is 6.64. The van der Waals surface area contributed by atoms with Crippen molar-refractivity contribution in [3.63, 3.8) is 0 Å². The number of hydrogen-bond donors (Lipinski definition) is 1. The van der Waals surface area contributed by atoms with Crippen molar-refractivity contribution >= 4 is 22.9 Å². The van der Waals surface area contributed by atoms with E-state index in [-0.39, 0.29) is 11.3 Å². The van der Waals surface area contributed by atoms with Gasteiger partial charge < -0.3 is 9.72 Å². The molecule has 1 aliphatic heterocycles. The van der Waals surface area contributed by atoms with Gasteiger partial charge in [0.15, 0.2) is 11.3 Å². The number of carbonyl (C=O) groups is 1. The maximum Gasteiger partial charge on any atom is 0.277 e. The van der Waals surface area contributed by atoms with Crippen molar-refractivity contribution in [1.29, 1.82) is 0 Å². The molecule has 0 spiro atoms. The summed E-state index contributed by atoms with van der Waals surface area (Å²) in [5.41, 5.74) is 3.92. The van der Waals surface area contributed by atoms with E-state index in [2.05, 4.69) is 51.1 Å². The summed E-state index contributed by atoms with van der Waals surface area (Å²) < 4.78 is 7.45. The number of Topliss-reactive ketones (excluding diaryl/α,β-unsaturated/α-hetero) is 1. The van der Waals surface area contributed by atoms with Gasteiger partial charge in [0.2, 0.25) is 0 Å². The first-order valence-corrected chi connectivity index (χ1v) is 14.4. The van der Waals surface area contributed by atoms with E-state index in [1.807, 2.05) is 25.1 Å². The fourth-order valence-electron chi connectivity index (χ4n) is 5.28. The zero-order valence-corrected chi connectivity index (χ0v) is 24.1. The molecule has 1 saturated heterocycles. The number of rotatable bonds is 11. The molecule has 1 fully saturated rings. The number of carbonyl (C=O) groups excluding carboxylic acids is 1. The Morgan fingerprint density at radius 1 is 1.05 bits per heavy atom. The number of ketones is 1. The van der Waals surface area contributed by atoms with E-state index in [9.17, 15) is 9.59 Å². The molecule has 3 heterocycles. The lowest BCUT2D eigenvalue weighted by molar-refractivity contribution is 0.0865. The number of aromatic nitrogens is 4. The number of hydrogen-bond acceptors (Lipinski definition) is 7. The normalized spacial score (nSPS) is 14.7. The number of aryl methyl sites for hydroxylation is 2. The lowest BCUT2D eigenvalue weighted by Gasteiger charge is -2.33. The average molecular weight is 555 g/mol. The number of fused-ring (bicyclic) bond motifs is 1. The van der Waals surface area contributed by atoms with Crippen LogP contribution in [0.25, 0.3) is 28.5 Å². The minimum absolute atomic E-state index is 0.0307. The van der Waals surface area contributed by atoms with Crippen molar-refractivity contribution in [2.45, 2.75) is 26.7 Å². The molecule has 2 aromatic heterocycles. The van der Waals surface area contributed by atoms with Gasteiger partial charge in [0.1, 0.15) is 17.1 Å². The maximum atomic E-state index is 13.4. The van der Waals surface area contributed by atoms with Gasteiger partial charge in [-0.2, -0.15) is 5.10 Å². The average Bonchev–Trinajstić information content (AvgIpc) is 3.30. The SMILES string of the molecule is CCCc1nn(C)c2c(=O)[nH]c(-c3cc(C(=O)CN4CCN(CC=Cc5ccccc5)CC4)ccc3OCC)nc12. The van der Waals surface area contributed by atoms with E-state index in [1.54, 1.807) is 29.9 Å². The van der Waals surface area contributed by atoms with Crippen LogP contribution < -0.4 is 10.3 Å². The highest BCUT2D eigenvalue weighted by molar-refractivity contribution is 5.99. The summed E-state index contributed by atoms with van der Waals surface area (Å²) in [5, 5.41) is 4.52. The second-order valence-corrected chi connectivity index (χ2v) is 10.4. The zero-order chi connectivity index (χ0) is 28.8. The summed E-state index contributed by atoms with van der Waals surface area (Å²) in [6.07, 6.45) is 5.96. The standard InChI is InChI=1S/C32H38N6O3/c1-4-10-26-29-30(36(3)35-26)32(40)34-31(33-29)25-21-24(14-15-28(25)41-5-2)27(39)22-38-19-17-37(18-20-38)16-9-13-23-11-7-6-8-12-23/h6-9,11-15,21H,4-5,10,16-20,22H2,1-3H3,(H,33,34,40). The van der Waals surface area contributed by atoms with Crippen LogP contribution in [0.3, 0.4) is 0 Å². The summed E-state index contributed by atoms with van der Waals surface area (Å²) in [6.45, 7) is 9.15. The Balaban J connectivity index is 1.29. The molecule has 5 rings (SSSR count). The highest BCUT2D eigenvalue weighted by Gasteiger charge is 2.22. The maximum absolute atomic E-state index is 13.4. The Labute approximate surface area is 240 Å². The van der Waals surface area contributed by atoms with Gasteiger partial charge in [-0.25, -0.2) is 4.98 Å². The number of H-pyrrole nitrogens is 1. The monoisotopic (exact) mass is 554 g/mol. The molecule has 0 amide bonds. The van der Waals surface area contributed by atoms with Crippen LogP contribution >= 0.6 is 0 Å². The zero-order valence-electron chi connectivity index (χ0n) is 24.1. The third-order valence-electron chi connectivity index (χ3n) is 7.41. The molecular formula is C32H38N6O3. The summed E-state index contributed by atoms with van der Waals surface area (Å²) in [5.74, 6) is 0.982. The van der Waals surface area contributed by atoms with Gasteiger partial charge in [-0.05, 0) is 37.1 Å². The van der Waals surface area contributed by atoms with Crippen LogP contribution in [0.15, 0.2) is 59.4 Å². The number of nitrogens with one attached hydrogen (secondary N) is 1. The van der Waals surface area contributed by atoms with Crippen molar-refractivity contribution in [2.24, 2.45) is 7.05 Å². The fourth-order valence-corrected chi connectivity index (χ4v) is 5.28. The molecule has 2 aromatic carbocycles. The predicted molar refractivity (Wildman–Crippen MR) is 162 cm³/mol. The largest absolute Gasteiger partial charge is 0.493 e. The van der Waals surface area contributed by atoms with Gasteiger partial charge in [-0.3, -0.25) is 24.1 Å². The number of aromatic amines is 1. The molecule has 41 heavy (non-hydrogen) atoms. The minimum atomic E-state index is -0.266. The molecule has 9 heteroatoms. The molecule has 1 N–H and O–H groups in total. The molecule has 0 radical (unpaired) electrons. The third-order valence-corrected chi connectivity index (χ3v) is 7.41. The number of benzene rings is 2. The Bertz CT molecular complexity index is 1580. The Morgan fingerprint density at radius 2 is 1.80 bits per heavy atom. The van der Waals surface area contributed by atoms with Gasteiger partial charge in [-0.1, -0.05) is 55.8 Å². The van der Waals surface area contributed by atoms with Crippen molar-refractivity contribution in [2.75, 3.05) is 45.9 Å². The van der Waals surface area contributed by atoms with Crippen LogP contribution in [0.4, 0.5) is 0 Å². The molecule has 0 saturated carbocycles. The van der Waals surface area contributed by atoms with E-state index >= 15 is 0 Å². The molecule has 4 aromatic rings. The van der Waals surface area contributed by atoms with Gasteiger partial charge in [0, 0.05) is 45.3 Å². The van der Waals surface area contributed by atoms with Crippen LogP contribution in [-0.2, 0) is 13.5 Å². The Kier molecular flexibility index (Phi) is 9.06. The van der Waals surface area contributed by atoms with Crippen LogP contribution in [0.2, 0.25) is 0 Å². The van der Waals surface area contributed by atoms with E-state index in [4.69, 9.17) is 9.72 Å². The molecular weight excluding hydrogens is 516 g/mol. The van der Waals surface area contributed by atoms with Crippen LogP contribution in [-0.4, -0.2) is 81.2 Å². The van der Waals surface area contributed by atoms with E-state index in [1.165, 1.54) is 5.56 Å². The van der Waals surface area contributed by atoms with Gasteiger partial charge >= 0.3 is 0 Å². The van der Waals surface area contributed by atoms with Crippen LogP contribution in [0.1, 0.15) is 41.9 Å². The second kappa shape index (κ2) is 13.1. The molecule has 1 aliphatic rings. The molecule has 0 bridgehead atoms. The van der Waals surface area contributed by atoms with E-state index < -0.39 is 0 Å². The van der Waals surface area contributed by atoms with Gasteiger partial charge in [-0.15, -0.1) is 0 Å². The van der Waals surface area contributed by atoms with Crippen molar-refractivity contribution < 1.29 is 9.53 Å². The van der Waals surface area contributed by atoms with E-state index in [0.717, 1.165) is 51.3 Å². The smallest absolute Gasteiger partial charge is 0.277 e. The van der Waals surface area contributed by atoms with Crippen molar-refractivity contribution in [3.8, 4) is 17.1 Å². The molecule has 214 valence electrons. The number of ether oxygens (including phenoxy) is 1. The highest BCUT2D eigenvalue weighted by Crippen LogP contribution is 2.30. The van der Waals surface area contributed by atoms with Crippen molar-refractivity contribution in [1.82, 2.24) is 29.5 Å². The number of piperazine rings is 1. The van der Waals surface area contributed by atoms with Crippen LogP contribution in [0.5, 0.6) is 5.75 Å². The highest BCUT2D eigenvalue weighted by atomic mass is 16.5. The first kappa shape index (κ1) is 28.4.